The van der Waals surface area contributed by atoms with E-state index in [0.29, 0.717) is 0 Å². The van der Waals surface area contributed by atoms with Crippen molar-refractivity contribution >= 4 is 26.8 Å². The first kappa shape index (κ1) is 12.4. The van der Waals surface area contributed by atoms with E-state index in [0.717, 1.165) is 35.0 Å². The number of aromatic nitrogens is 1. The molecule has 0 radical (unpaired) electrons. The fraction of sp³-hybridized carbons (Fsp3) is 0.357. The van der Waals surface area contributed by atoms with Gasteiger partial charge in [0, 0.05) is 10.7 Å². The van der Waals surface area contributed by atoms with E-state index in [1.54, 1.807) is 6.20 Å². The molecule has 0 aliphatic carbocycles. The van der Waals surface area contributed by atoms with Crippen LogP contribution in [0.2, 0.25) is 0 Å². The molecule has 1 heterocycles. The Bertz CT molecular complexity index is 472. The average molecular weight is 294 g/mol. The fourth-order valence-corrected chi connectivity index (χ4v) is 2.09. The lowest BCUT2D eigenvalue weighted by Gasteiger charge is -2.06. The third-order valence-corrected chi connectivity index (χ3v) is 3.17. The molecular weight excluding hydrogens is 278 g/mol. The van der Waals surface area contributed by atoms with E-state index < -0.39 is 0 Å². The molecule has 0 amide bonds. The Labute approximate surface area is 110 Å². The molecule has 3 heteroatoms. The smallest absolute Gasteiger partial charge is 0.138 e. The van der Waals surface area contributed by atoms with Crippen LogP contribution in [0, 0.1) is 0 Å². The predicted molar refractivity (Wildman–Crippen MR) is 74.9 cm³/mol. The molecule has 2 aromatic rings. The Balaban J connectivity index is 1.90. The largest absolute Gasteiger partial charge is 0.492 e. The topological polar surface area (TPSA) is 22.1 Å². The molecule has 0 aliphatic rings. The summed E-state index contributed by atoms with van der Waals surface area (Å²) >= 11 is 3.42. The van der Waals surface area contributed by atoms with Gasteiger partial charge in [0.1, 0.15) is 5.75 Å². The van der Waals surface area contributed by atoms with Gasteiger partial charge in [0.15, 0.2) is 0 Å². The van der Waals surface area contributed by atoms with Crippen molar-refractivity contribution in [3.63, 3.8) is 0 Å². The molecule has 0 unspecified atom stereocenters. The van der Waals surface area contributed by atoms with Crippen molar-refractivity contribution in [3.8, 4) is 5.75 Å². The third kappa shape index (κ3) is 3.70. The van der Waals surface area contributed by atoms with Crippen molar-refractivity contribution in [2.75, 3.05) is 11.9 Å². The second-order valence-electron chi connectivity index (χ2n) is 3.96. The number of ether oxygens (including phenoxy) is 1. The first-order chi connectivity index (χ1) is 8.40. The summed E-state index contributed by atoms with van der Waals surface area (Å²) in [5.41, 5.74) is 1.01. The van der Waals surface area contributed by atoms with Crippen LogP contribution in [0.25, 0.3) is 10.9 Å². The maximum atomic E-state index is 5.68. The van der Waals surface area contributed by atoms with Gasteiger partial charge in [0.25, 0.3) is 0 Å². The monoisotopic (exact) mass is 293 g/mol. The summed E-state index contributed by atoms with van der Waals surface area (Å²) < 4.78 is 5.68. The zero-order valence-electron chi connectivity index (χ0n) is 9.73. The van der Waals surface area contributed by atoms with Gasteiger partial charge in [-0.25, -0.2) is 0 Å². The van der Waals surface area contributed by atoms with Crippen LogP contribution in [-0.2, 0) is 0 Å². The summed E-state index contributed by atoms with van der Waals surface area (Å²) in [6.45, 7) is 0.771. The van der Waals surface area contributed by atoms with Crippen molar-refractivity contribution in [3.05, 3.63) is 36.5 Å². The first-order valence-electron chi connectivity index (χ1n) is 5.94. The van der Waals surface area contributed by atoms with E-state index in [1.165, 1.54) is 12.8 Å². The normalized spacial score (nSPS) is 10.6. The van der Waals surface area contributed by atoms with E-state index in [-0.39, 0.29) is 0 Å². The second kappa shape index (κ2) is 6.60. The summed E-state index contributed by atoms with van der Waals surface area (Å²) in [7, 11) is 0. The minimum Gasteiger partial charge on any atom is -0.492 e. The number of benzene rings is 1. The number of halogens is 1. The zero-order chi connectivity index (χ0) is 11.9. The molecule has 0 bridgehead atoms. The van der Waals surface area contributed by atoms with Crippen molar-refractivity contribution < 1.29 is 4.74 Å². The number of hydrogen-bond donors (Lipinski definition) is 0. The quantitative estimate of drug-likeness (QED) is 0.589. The minimum atomic E-state index is 0.771. The van der Waals surface area contributed by atoms with E-state index >= 15 is 0 Å². The summed E-state index contributed by atoms with van der Waals surface area (Å²) in [6.07, 6.45) is 5.30. The minimum absolute atomic E-state index is 0.771. The Morgan fingerprint density at radius 3 is 2.88 bits per heavy atom. The van der Waals surface area contributed by atoms with Gasteiger partial charge in [-0.2, -0.15) is 0 Å². The average Bonchev–Trinajstić information content (AvgIpc) is 2.38. The Hall–Kier alpha value is -1.09. The van der Waals surface area contributed by atoms with Crippen LogP contribution in [0.5, 0.6) is 5.75 Å². The van der Waals surface area contributed by atoms with Gasteiger partial charge >= 0.3 is 0 Å². The number of rotatable bonds is 6. The molecule has 0 spiro atoms. The van der Waals surface area contributed by atoms with Crippen LogP contribution in [0.3, 0.4) is 0 Å². The number of pyridine rings is 1. The predicted octanol–water partition coefficient (Wildman–Crippen LogP) is 4.18. The molecule has 1 aromatic heterocycles. The van der Waals surface area contributed by atoms with E-state index in [9.17, 15) is 0 Å². The molecule has 17 heavy (non-hydrogen) atoms. The number of para-hydroxylation sites is 1. The molecule has 0 N–H and O–H groups in total. The lowest BCUT2D eigenvalue weighted by Crippen LogP contribution is -1.97. The van der Waals surface area contributed by atoms with Crippen molar-refractivity contribution in [1.82, 2.24) is 4.98 Å². The van der Waals surface area contributed by atoms with Crippen LogP contribution in [0.4, 0.5) is 0 Å². The van der Waals surface area contributed by atoms with Crippen LogP contribution in [0.1, 0.15) is 19.3 Å². The van der Waals surface area contributed by atoms with Gasteiger partial charge in [-0.3, -0.25) is 4.98 Å². The second-order valence-corrected chi connectivity index (χ2v) is 4.75. The number of nitrogens with zero attached hydrogens (tertiary/aromatic N) is 1. The van der Waals surface area contributed by atoms with Crippen LogP contribution in [-0.4, -0.2) is 16.9 Å². The summed E-state index contributed by atoms with van der Waals surface area (Å²) in [5, 5.41) is 2.20. The molecular formula is C14H16BrNO. The van der Waals surface area contributed by atoms with Crippen LogP contribution in [0.15, 0.2) is 36.5 Å². The lowest BCUT2D eigenvalue weighted by atomic mass is 10.2. The van der Waals surface area contributed by atoms with Gasteiger partial charge in [0.05, 0.1) is 18.3 Å². The first-order valence-corrected chi connectivity index (χ1v) is 7.06. The van der Waals surface area contributed by atoms with Gasteiger partial charge in [-0.15, -0.1) is 0 Å². The molecule has 2 rings (SSSR count). The summed E-state index contributed by atoms with van der Waals surface area (Å²) in [5.74, 6) is 0.863. The Morgan fingerprint density at radius 2 is 2.00 bits per heavy atom. The highest BCUT2D eigenvalue weighted by atomic mass is 79.9. The third-order valence-electron chi connectivity index (χ3n) is 2.61. The molecule has 0 saturated carbocycles. The zero-order valence-corrected chi connectivity index (χ0v) is 11.3. The lowest BCUT2D eigenvalue weighted by molar-refractivity contribution is 0.306. The van der Waals surface area contributed by atoms with Gasteiger partial charge < -0.3 is 4.74 Å². The van der Waals surface area contributed by atoms with Gasteiger partial charge in [-0.05, 0) is 31.4 Å². The van der Waals surface area contributed by atoms with Crippen molar-refractivity contribution in [2.45, 2.75) is 19.3 Å². The molecule has 1 aromatic carbocycles. The summed E-state index contributed by atoms with van der Waals surface area (Å²) in [6, 6.07) is 10.1. The fourth-order valence-electron chi connectivity index (χ4n) is 1.69. The molecule has 2 nitrogen and oxygen atoms in total. The van der Waals surface area contributed by atoms with E-state index in [2.05, 4.69) is 27.0 Å². The molecule has 0 fully saturated rings. The van der Waals surface area contributed by atoms with Gasteiger partial charge in [-0.1, -0.05) is 34.1 Å². The summed E-state index contributed by atoms with van der Waals surface area (Å²) in [4.78, 5) is 4.36. The van der Waals surface area contributed by atoms with Crippen molar-refractivity contribution in [1.29, 1.82) is 0 Å². The van der Waals surface area contributed by atoms with E-state index in [1.807, 2.05) is 24.3 Å². The SMILES string of the molecule is BrCCCCCOc1cnc2ccccc2c1. The van der Waals surface area contributed by atoms with E-state index in [4.69, 9.17) is 4.74 Å². The maximum Gasteiger partial charge on any atom is 0.138 e. The number of unbranched alkanes of at least 4 members (excludes halogenated alkanes) is 2. The van der Waals surface area contributed by atoms with Crippen LogP contribution >= 0.6 is 15.9 Å². The molecule has 0 aliphatic heterocycles. The molecule has 90 valence electrons. The van der Waals surface area contributed by atoms with Crippen molar-refractivity contribution in [2.24, 2.45) is 0 Å². The van der Waals surface area contributed by atoms with Gasteiger partial charge in [0.2, 0.25) is 0 Å². The standard InChI is InChI=1S/C14H16BrNO/c15-8-4-1-5-9-17-13-10-12-6-2-3-7-14(12)16-11-13/h2-3,6-7,10-11H,1,4-5,8-9H2. The van der Waals surface area contributed by atoms with Crippen LogP contribution < -0.4 is 4.74 Å². The Morgan fingerprint density at radius 1 is 1.12 bits per heavy atom. The Kier molecular flexibility index (Phi) is 4.80. The molecule has 0 atom stereocenters. The number of alkyl halides is 1. The maximum absolute atomic E-state index is 5.68. The highest BCUT2D eigenvalue weighted by Gasteiger charge is 1.98. The highest BCUT2D eigenvalue weighted by Crippen LogP contribution is 2.18. The number of fused-ring (bicyclic) bond motifs is 1. The molecule has 0 saturated heterocycles. The number of hydrogen-bond acceptors (Lipinski definition) is 2. The highest BCUT2D eigenvalue weighted by molar-refractivity contribution is 9.09.